The summed E-state index contributed by atoms with van der Waals surface area (Å²) in [6.45, 7) is 11.7. The summed E-state index contributed by atoms with van der Waals surface area (Å²) in [7, 11) is 0. The normalized spacial score (nSPS) is 12.0. The number of carbonyl (C=O) groups excluding carboxylic acids is 1. The molecule has 1 unspecified atom stereocenters. The molecule has 1 amide bonds. The van der Waals surface area contributed by atoms with Gasteiger partial charge >= 0.3 is 0 Å². The molecule has 0 aliphatic heterocycles. The zero-order valence-electron chi connectivity index (χ0n) is 17.0. The van der Waals surface area contributed by atoms with Crippen molar-refractivity contribution in [2.75, 3.05) is 25.0 Å². The van der Waals surface area contributed by atoms with Crippen molar-refractivity contribution in [2.45, 2.75) is 46.6 Å². The average molecular weight is 369 g/mol. The van der Waals surface area contributed by atoms with E-state index < -0.39 is 0 Å². The third-order valence-electron chi connectivity index (χ3n) is 4.97. The van der Waals surface area contributed by atoms with E-state index in [1.54, 1.807) is 0 Å². The number of rotatable bonds is 10. The summed E-state index contributed by atoms with van der Waals surface area (Å²) in [5, 5.41) is 2.88. The van der Waals surface area contributed by atoms with Crippen LogP contribution in [0.1, 0.15) is 51.2 Å². The average Bonchev–Trinajstić information content (AvgIpc) is 2.71. The first-order valence-electron chi connectivity index (χ1n) is 9.89. The van der Waals surface area contributed by atoms with E-state index in [0.29, 0.717) is 11.7 Å². The molecule has 2 aromatic rings. The van der Waals surface area contributed by atoms with Gasteiger partial charge in [-0.15, -0.1) is 0 Å². The summed E-state index contributed by atoms with van der Waals surface area (Å²) >= 11 is 0. The van der Waals surface area contributed by atoms with Gasteiger partial charge in [0.2, 0.25) is 0 Å². The van der Waals surface area contributed by atoms with Gasteiger partial charge in [0.05, 0.1) is 0 Å². The Kier molecular flexibility index (Phi) is 8.34. The predicted molar refractivity (Wildman–Crippen MR) is 112 cm³/mol. The molecule has 1 atom stereocenters. The SMILES string of the molecule is CCC(C)c1ccc(OCC(=O)Nc2ccc(CN(CC)CC)cc2)cc1. The Morgan fingerprint density at radius 1 is 1.00 bits per heavy atom. The maximum Gasteiger partial charge on any atom is 0.262 e. The van der Waals surface area contributed by atoms with Gasteiger partial charge in [-0.1, -0.05) is 52.0 Å². The van der Waals surface area contributed by atoms with Crippen LogP contribution in [-0.4, -0.2) is 30.5 Å². The molecule has 0 radical (unpaired) electrons. The molecule has 0 fully saturated rings. The Balaban J connectivity index is 1.81. The Morgan fingerprint density at radius 3 is 2.19 bits per heavy atom. The standard InChI is InChI=1S/C23H32N2O2/c1-5-18(4)20-10-14-22(15-11-20)27-17-23(26)24-21-12-8-19(9-13-21)16-25(6-2)7-3/h8-15,18H,5-7,16-17H2,1-4H3,(H,24,26). The van der Waals surface area contributed by atoms with E-state index in [9.17, 15) is 4.79 Å². The molecule has 27 heavy (non-hydrogen) atoms. The van der Waals surface area contributed by atoms with Crippen LogP contribution >= 0.6 is 0 Å². The zero-order chi connectivity index (χ0) is 19.6. The molecule has 1 N–H and O–H groups in total. The van der Waals surface area contributed by atoms with Gasteiger partial charge < -0.3 is 10.1 Å². The summed E-state index contributed by atoms with van der Waals surface area (Å²) in [5.74, 6) is 1.09. The molecule has 0 saturated heterocycles. The Labute approximate surface area is 163 Å². The third-order valence-corrected chi connectivity index (χ3v) is 4.97. The number of hydrogen-bond acceptors (Lipinski definition) is 3. The van der Waals surface area contributed by atoms with Crippen molar-refractivity contribution in [2.24, 2.45) is 0 Å². The molecule has 0 aliphatic carbocycles. The zero-order valence-corrected chi connectivity index (χ0v) is 17.0. The monoisotopic (exact) mass is 368 g/mol. The second-order valence-corrected chi connectivity index (χ2v) is 6.87. The lowest BCUT2D eigenvalue weighted by Gasteiger charge is -2.18. The summed E-state index contributed by atoms with van der Waals surface area (Å²) in [6, 6.07) is 16.0. The number of carbonyl (C=O) groups is 1. The third kappa shape index (κ3) is 6.72. The maximum absolute atomic E-state index is 12.1. The highest BCUT2D eigenvalue weighted by Crippen LogP contribution is 2.21. The Hall–Kier alpha value is -2.33. The van der Waals surface area contributed by atoms with Gasteiger partial charge in [-0.25, -0.2) is 0 Å². The second kappa shape index (κ2) is 10.7. The summed E-state index contributed by atoms with van der Waals surface area (Å²) < 4.78 is 5.60. The number of nitrogens with one attached hydrogen (secondary N) is 1. The minimum absolute atomic E-state index is 0.00385. The minimum atomic E-state index is -0.155. The fraction of sp³-hybridized carbons (Fsp3) is 0.435. The lowest BCUT2D eigenvalue weighted by molar-refractivity contribution is -0.118. The summed E-state index contributed by atoms with van der Waals surface area (Å²) in [6.07, 6.45) is 1.11. The van der Waals surface area contributed by atoms with Gasteiger partial charge in [-0.05, 0) is 60.8 Å². The van der Waals surface area contributed by atoms with Crippen LogP contribution in [0.2, 0.25) is 0 Å². The molecule has 4 heteroatoms. The topological polar surface area (TPSA) is 41.6 Å². The highest BCUT2D eigenvalue weighted by molar-refractivity contribution is 5.91. The van der Waals surface area contributed by atoms with Crippen molar-refractivity contribution in [3.05, 3.63) is 59.7 Å². The molecule has 0 heterocycles. The number of ether oxygens (including phenoxy) is 1. The number of amides is 1. The summed E-state index contributed by atoms with van der Waals surface area (Å²) in [5.41, 5.74) is 3.33. The predicted octanol–water partition coefficient (Wildman–Crippen LogP) is 5.06. The Morgan fingerprint density at radius 2 is 1.63 bits per heavy atom. The van der Waals surface area contributed by atoms with Gasteiger partial charge in [0.1, 0.15) is 5.75 Å². The smallest absolute Gasteiger partial charge is 0.262 e. The van der Waals surface area contributed by atoms with Crippen LogP contribution in [-0.2, 0) is 11.3 Å². The number of anilines is 1. The molecular weight excluding hydrogens is 336 g/mol. The van der Waals surface area contributed by atoms with E-state index >= 15 is 0 Å². The van der Waals surface area contributed by atoms with Gasteiger partial charge in [0.25, 0.3) is 5.91 Å². The van der Waals surface area contributed by atoms with Crippen molar-refractivity contribution in [3.8, 4) is 5.75 Å². The highest BCUT2D eigenvalue weighted by Gasteiger charge is 2.07. The molecule has 2 rings (SSSR count). The van der Waals surface area contributed by atoms with Crippen LogP contribution < -0.4 is 10.1 Å². The molecule has 0 aliphatic rings. The first-order chi connectivity index (χ1) is 13.0. The minimum Gasteiger partial charge on any atom is -0.484 e. The van der Waals surface area contributed by atoms with E-state index in [2.05, 4.69) is 62.2 Å². The molecule has 146 valence electrons. The van der Waals surface area contributed by atoms with Crippen LogP contribution in [0.5, 0.6) is 5.75 Å². The van der Waals surface area contributed by atoms with Crippen molar-refractivity contribution in [1.82, 2.24) is 4.90 Å². The molecule has 0 bridgehead atoms. The lowest BCUT2D eigenvalue weighted by Crippen LogP contribution is -2.22. The first-order valence-corrected chi connectivity index (χ1v) is 9.89. The van der Waals surface area contributed by atoms with Crippen LogP contribution in [0.3, 0.4) is 0 Å². The van der Waals surface area contributed by atoms with Gasteiger partial charge in [-0.2, -0.15) is 0 Å². The highest BCUT2D eigenvalue weighted by atomic mass is 16.5. The van der Waals surface area contributed by atoms with Gasteiger partial charge in [-0.3, -0.25) is 9.69 Å². The van der Waals surface area contributed by atoms with Crippen LogP contribution in [0.4, 0.5) is 5.69 Å². The van der Waals surface area contributed by atoms with E-state index in [-0.39, 0.29) is 12.5 Å². The maximum atomic E-state index is 12.1. The van der Waals surface area contributed by atoms with E-state index in [4.69, 9.17) is 4.74 Å². The molecule has 0 saturated carbocycles. The van der Waals surface area contributed by atoms with Crippen LogP contribution in [0.25, 0.3) is 0 Å². The van der Waals surface area contributed by atoms with Crippen molar-refractivity contribution in [1.29, 1.82) is 0 Å². The largest absolute Gasteiger partial charge is 0.484 e. The van der Waals surface area contributed by atoms with Crippen LogP contribution in [0, 0.1) is 0 Å². The first kappa shape index (κ1) is 21.0. The molecular formula is C23H32N2O2. The fourth-order valence-electron chi connectivity index (χ4n) is 2.87. The van der Waals surface area contributed by atoms with Crippen molar-refractivity contribution >= 4 is 11.6 Å². The number of hydrogen-bond donors (Lipinski definition) is 1. The second-order valence-electron chi connectivity index (χ2n) is 6.87. The summed E-state index contributed by atoms with van der Waals surface area (Å²) in [4.78, 5) is 14.5. The van der Waals surface area contributed by atoms with Gasteiger partial charge in [0.15, 0.2) is 6.61 Å². The number of benzene rings is 2. The quantitative estimate of drug-likeness (QED) is 0.637. The lowest BCUT2D eigenvalue weighted by atomic mass is 9.99. The molecule has 0 spiro atoms. The van der Waals surface area contributed by atoms with Crippen LogP contribution in [0.15, 0.2) is 48.5 Å². The van der Waals surface area contributed by atoms with E-state index in [1.165, 1.54) is 11.1 Å². The molecule has 4 nitrogen and oxygen atoms in total. The Bertz CT molecular complexity index is 691. The number of nitrogens with zero attached hydrogens (tertiary/aromatic N) is 1. The molecule has 2 aromatic carbocycles. The van der Waals surface area contributed by atoms with E-state index in [0.717, 1.165) is 31.7 Å². The van der Waals surface area contributed by atoms with Crippen molar-refractivity contribution < 1.29 is 9.53 Å². The van der Waals surface area contributed by atoms with E-state index in [1.807, 2.05) is 24.3 Å². The van der Waals surface area contributed by atoms with Gasteiger partial charge in [0, 0.05) is 12.2 Å². The fourth-order valence-corrected chi connectivity index (χ4v) is 2.87. The molecule has 0 aromatic heterocycles. The van der Waals surface area contributed by atoms with Crippen molar-refractivity contribution in [3.63, 3.8) is 0 Å².